The molecule has 5 rings (SSSR count). The Bertz CT molecular complexity index is 1620. The Morgan fingerprint density at radius 1 is 0.925 bits per heavy atom. The van der Waals surface area contributed by atoms with Gasteiger partial charge in [-0.1, -0.05) is 42.5 Å². The van der Waals surface area contributed by atoms with Gasteiger partial charge in [0.1, 0.15) is 11.5 Å². The molecule has 1 unspecified atom stereocenters. The smallest absolute Gasteiger partial charge is 0.258 e. The van der Waals surface area contributed by atoms with Gasteiger partial charge in [0.25, 0.3) is 5.91 Å². The van der Waals surface area contributed by atoms with Gasteiger partial charge in [0.05, 0.1) is 18.7 Å². The summed E-state index contributed by atoms with van der Waals surface area (Å²) in [6.07, 6.45) is 4.21. The molecule has 8 heteroatoms. The summed E-state index contributed by atoms with van der Waals surface area (Å²) in [4.78, 5) is 35.3. The van der Waals surface area contributed by atoms with E-state index in [1.54, 1.807) is 18.2 Å². The Morgan fingerprint density at radius 2 is 1.70 bits per heavy atom. The van der Waals surface area contributed by atoms with Gasteiger partial charge >= 0.3 is 0 Å². The number of amides is 2. The maximum Gasteiger partial charge on any atom is 0.258 e. The van der Waals surface area contributed by atoms with E-state index in [9.17, 15) is 9.59 Å². The van der Waals surface area contributed by atoms with Gasteiger partial charge in [-0.2, -0.15) is 0 Å². The molecule has 0 saturated carbocycles. The predicted molar refractivity (Wildman–Crippen MR) is 155 cm³/mol. The topological polar surface area (TPSA) is 96.6 Å². The van der Waals surface area contributed by atoms with Crippen LogP contribution in [0.2, 0.25) is 0 Å². The minimum absolute atomic E-state index is 0.0939. The highest BCUT2D eigenvalue weighted by atomic mass is 16.5. The van der Waals surface area contributed by atoms with Gasteiger partial charge < -0.3 is 24.7 Å². The molecular formula is C32H32N4O4. The van der Waals surface area contributed by atoms with Crippen molar-refractivity contribution in [3.8, 4) is 11.5 Å². The fourth-order valence-electron chi connectivity index (χ4n) is 4.95. The van der Waals surface area contributed by atoms with E-state index in [-0.39, 0.29) is 24.5 Å². The predicted octanol–water partition coefficient (Wildman–Crippen LogP) is 4.88. The summed E-state index contributed by atoms with van der Waals surface area (Å²) in [6, 6.07) is 24.6. The molecular weight excluding hydrogens is 504 g/mol. The second kappa shape index (κ2) is 12.3. The SMILES string of the molecule is COc1ccccc1CN(CC(Cc1c[nH]c2ccccc12)NC(=O)COc1cccc2ncccc12)C(C)=O. The second-order valence-electron chi connectivity index (χ2n) is 9.65. The zero-order chi connectivity index (χ0) is 27.9. The maximum absolute atomic E-state index is 13.2. The Morgan fingerprint density at radius 3 is 2.55 bits per heavy atom. The van der Waals surface area contributed by atoms with Crippen molar-refractivity contribution in [2.45, 2.75) is 25.9 Å². The van der Waals surface area contributed by atoms with Gasteiger partial charge in [-0.05, 0) is 48.4 Å². The van der Waals surface area contributed by atoms with Gasteiger partial charge in [0.15, 0.2) is 6.61 Å². The maximum atomic E-state index is 13.2. The lowest BCUT2D eigenvalue weighted by Crippen LogP contribution is -2.47. The van der Waals surface area contributed by atoms with Crippen molar-refractivity contribution in [3.63, 3.8) is 0 Å². The van der Waals surface area contributed by atoms with Crippen molar-refractivity contribution in [1.82, 2.24) is 20.2 Å². The molecule has 40 heavy (non-hydrogen) atoms. The van der Waals surface area contributed by atoms with Gasteiger partial charge in [-0.15, -0.1) is 0 Å². The summed E-state index contributed by atoms with van der Waals surface area (Å²) in [5.41, 5.74) is 3.77. The third-order valence-corrected chi connectivity index (χ3v) is 6.91. The van der Waals surface area contributed by atoms with E-state index >= 15 is 0 Å². The summed E-state index contributed by atoms with van der Waals surface area (Å²) < 4.78 is 11.4. The number of para-hydroxylation sites is 2. The molecule has 3 aromatic carbocycles. The van der Waals surface area contributed by atoms with Crippen molar-refractivity contribution >= 4 is 33.6 Å². The first-order valence-corrected chi connectivity index (χ1v) is 13.2. The molecule has 0 bridgehead atoms. The molecule has 0 spiro atoms. The average molecular weight is 537 g/mol. The Balaban J connectivity index is 1.35. The van der Waals surface area contributed by atoms with Crippen molar-refractivity contribution in [1.29, 1.82) is 0 Å². The van der Waals surface area contributed by atoms with Crippen LogP contribution in [-0.2, 0) is 22.6 Å². The fraction of sp³-hybridized carbons (Fsp3) is 0.219. The normalized spacial score (nSPS) is 11.8. The molecule has 2 N–H and O–H groups in total. The minimum Gasteiger partial charge on any atom is -0.496 e. The number of hydrogen-bond acceptors (Lipinski definition) is 5. The van der Waals surface area contributed by atoms with E-state index < -0.39 is 0 Å². The fourth-order valence-corrected chi connectivity index (χ4v) is 4.95. The Kier molecular flexibility index (Phi) is 8.25. The van der Waals surface area contributed by atoms with E-state index in [1.165, 1.54) is 6.92 Å². The van der Waals surface area contributed by atoms with E-state index in [4.69, 9.17) is 9.47 Å². The number of aromatic nitrogens is 2. The first kappa shape index (κ1) is 26.7. The molecule has 0 fully saturated rings. The number of benzene rings is 3. The molecule has 0 radical (unpaired) electrons. The van der Waals surface area contributed by atoms with Crippen LogP contribution in [0.25, 0.3) is 21.8 Å². The number of ether oxygens (including phenoxy) is 2. The van der Waals surface area contributed by atoms with E-state index in [0.717, 1.165) is 32.9 Å². The number of carbonyl (C=O) groups excluding carboxylic acids is 2. The summed E-state index contributed by atoms with van der Waals surface area (Å²) in [7, 11) is 1.61. The monoisotopic (exact) mass is 536 g/mol. The van der Waals surface area contributed by atoms with Crippen molar-refractivity contribution in [3.05, 3.63) is 102 Å². The zero-order valence-corrected chi connectivity index (χ0v) is 22.6. The van der Waals surface area contributed by atoms with Crippen LogP contribution in [0.3, 0.4) is 0 Å². The molecule has 0 aliphatic rings. The molecule has 5 aromatic rings. The molecule has 2 aromatic heterocycles. The van der Waals surface area contributed by atoms with Crippen LogP contribution in [0.4, 0.5) is 0 Å². The van der Waals surface area contributed by atoms with Gasteiger partial charge in [-0.25, -0.2) is 0 Å². The Labute approximate surface area is 232 Å². The molecule has 204 valence electrons. The molecule has 0 aliphatic carbocycles. The summed E-state index contributed by atoms with van der Waals surface area (Å²) in [6.45, 7) is 2.05. The molecule has 1 atom stereocenters. The second-order valence-corrected chi connectivity index (χ2v) is 9.65. The third-order valence-electron chi connectivity index (χ3n) is 6.91. The van der Waals surface area contributed by atoms with Crippen LogP contribution >= 0.6 is 0 Å². The number of fused-ring (bicyclic) bond motifs is 2. The number of carbonyl (C=O) groups is 2. The van der Waals surface area contributed by atoms with Crippen molar-refractivity contribution in [2.24, 2.45) is 0 Å². The quantitative estimate of drug-likeness (QED) is 0.251. The number of nitrogens with one attached hydrogen (secondary N) is 2. The Hall–Kier alpha value is -4.85. The number of H-pyrrole nitrogens is 1. The van der Waals surface area contributed by atoms with E-state index in [0.29, 0.717) is 31.0 Å². The molecule has 0 saturated heterocycles. The number of aromatic amines is 1. The van der Waals surface area contributed by atoms with Crippen LogP contribution in [0.5, 0.6) is 11.5 Å². The minimum atomic E-state index is -0.358. The number of nitrogens with zero attached hydrogens (tertiary/aromatic N) is 2. The van der Waals surface area contributed by atoms with Crippen LogP contribution < -0.4 is 14.8 Å². The van der Waals surface area contributed by atoms with Gasteiger partial charge in [-0.3, -0.25) is 14.6 Å². The van der Waals surface area contributed by atoms with Crippen molar-refractivity contribution in [2.75, 3.05) is 20.3 Å². The number of methoxy groups -OCH3 is 1. The molecule has 8 nitrogen and oxygen atoms in total. The highest BCUT2D eigenvalue weighted by Gasteiger charge is 2.22. The first-order valence-electron chi connectivity index (χ1n) is 13.2. The average Bonchev–Trinajstić information content (AvgIpc) is 3.38. The van der Waals surface area contributed by atoms with Gasteiger partial charge in [0.2, 0.25) is 5.91 Å². The summed E-state index contributed by atoms with van der Waals surface area (Å²) in [5.74, 6) is 0.939. The lowest BCUT2D eigenvalue weighted by atomic mass is 10.0. The molecule has 2 heterocycles. The van der Waals surface area contributed by atoms with E-state index in [1.807, 2.05) is 79.0 Å². The molecule has 2 amide bonds. The third kappa shape index (κ3) is 6.23. The van der Waals surface area contributed by atoms with Gasteiger partial charge in [0, 0.05) is 54.3 Å². The van der Waals surface area contributed by atoms with Crippen molar-refractivity contribution < 1.29 is 19.1 Å². The number of hydrogen-bond donors (Lipinski definition) is 2. The lowest BCUT2D eigenvalue weighted by Gasteiger charge is -2.28. The molecule has 0 aliphatic heterocycles. The van der Waals surface area contributed by atoms with Crippen LogP contribution in [0, 0.1) is 0 Å². The van der Waals surface area contributed by atoms with Crippen LogP contribution in [0.15, 0.2) is 91.3 Å². The summed E-state index contributed by atoms with van der Waals surface area (Å²) >= 11 is 0. The number of pyridine rings is 1. The first-order chi connectivity index (χ1) is 19.5. The van der Waals surface area contributed by atoms with Crippen LogP contribution in [-0.4, -0.2) is 53.0 Å². The highest BCUT2D eigenvalue weighted by molar-refractivity contribution is 5.86. The number of rotatable bonds is 11. The largest absolute Gasteiger partial charge is 0.496 e. The zero-order valence-electron chi connectivity index (χ0n) is 22.6. The highest BCUT2D eigenvalue weighted by Crippen LogP contribution is 2.24. The standard InChI is InChI=1S/C32H32N4O4/c1-22(37)36(19-23-9-3-6-14-30(23)39-2)20-25(17-24-18-34-28-12-5-4-10-26(24)28)35-32(38)21-40-31-15-7-13-29-27(31)11-8-16-33-29/h3-16,18,25,34H,17,19-21H2,1-2H3,(H,35,38). The van der Waals surface area contributed by atoms with Crippen LogP contribution in [0.1, 0.15) is 18.1 Å². The van der Waals surface area contributed by atoms with E-state index in [2.05, 4.69) is 21.4 Å². The lowest BCUT2D eigenvalue weighted by molar-refractivity contribution is -0.131. The summed E-state index contributed by atoms with van der Waals surface area (Å²) in [5, 5.41) is 5.04.